The molecule has 0 radical (unpaired) electrons. The first-order valence-corrected chi connectivity index (χ1v) is 6.67. The molecule has 2 heterocycles. The van der Waals surface area contributed by atoms with Crippen molar-refractivity contribution in [3.63, 3.8) is 0 Å². The number of nitrogens with one attached hydrogen (secondary N) is 1. The van der Waals surface area contributed by atoms with E-state index in [1.54, 1.807) is 6.07 Å². The lowest BCUT2D eigenvalue weighted by Gasteiger charge is -2.06. The van der Waals surface area contributed by atoms with Crippen LogP contribution in [0, 0.1) is 0 Å². The van der Waals surface area contributed by atoms with Gasteiger partial charge in [0.15, 0.2) is 5.13 Å². The number of rotatable bonds is 1. The molecule has 2 aromatic rings. The van der Waals surface area contributed by atoms with Crippen LogP contribution in [0.15, 0.2) is 17.5 Å². The van der Waals surface area contributed by atoms with Crippen molar-refractivity contribution in [3.05, 3.63) is 28.1 Å². The second-order valence-corrected chi connectivity index (χ2v) is 5.50. The Kier molecular flexibility index (Phi) is 2.53. The summed E-state index contributed by atoms with van der Waals surface area (Å²) in [6.45, 7) is 1.86. The molecule has 3 rings (SSSR count). The van der Waals surface area contributed by atoms with Gasteiger partial charge in [-0.1, -0.05) is 11.6 Å². The number of anilines is 2. The number of benzene rings is 1. The lowest BCUT2D eigenvalue weighted by atomic mass is 9.99. The number of hydrogen-bond acceptors (Lipinski definition) is 4. The molecule has 0 spiro atoms. The molecule has 6 heteroatoms. The van der Waals surface area contributed by atoms with Gasteiger partial charge in [-0.05, 0) is 24.6 Å². The van der Waals surface area contributed by atoms with E-state index in [0.717, 1.165) is 16.8 Å². The zero-order valence-corrected chi connectivity index (χ0v) is 11.1. The van der Waals surface area contributed by atoms with E-state index in [-0.39, 0.29) is 11.8 Å². The Morgan fingerprint density at radius 2 is 2.28 bits per heavy atom. The Morgan fingerprint density at radius 3 is 2.94 bits per heavy atom. The zero-order chi connectivity index (χ0) is 12.9. The number of nitrogen functional groups attached to an aromatic ring is 1. The minimum absolute atomic E-state index is 0.0261. The third-order valence-electron chi connectivity index (χ3n) is 3.05. The van der Waals surface area contributed by atoms with Crippen molar-refractivity contribution in [2.75, 3.05) is 11.1 Å². The minimum atomic E-state index is -0.187. The van der Waals surface area contributed by atoms with Gasteiger partial charge in [0.25, 0.3) is 0 Å². The number of carbonyl (C=O) groups is 1. The lowest BCUT2D eigenvalue weighted by molar-refractivity contribution is -0.116. The minimum Gasteiger partial charge on any atom is -0.375 e. The van der Waals surface area contributed by atoms with E-state index in [2.05, 4.69) is 10.3 Å². The number of nitrogens with zero attached hydrogens (tertiary/aromatic N) is 1. The van der Waals surface area contributed by atoms with Crippen LogP contribution in [-0.4, -0.2) is 10.9 Å². The Morgan fingerprint density at radius 1 is 1.50 bits per heavy atom. The van der Waals surface area contributed by atoms with Gasteiger partial charge in [-0.25, -0.2) is 4.98 Å². The highest BCUT2D eigenvalue weighted by atomic mass is 35.5. The third kappa shape index (κ3) is 1.67. The maximum Gasteiger partial charge on any atom is 0.231 e. The van der Waals surface area contributed by atoms with Crippen LogP contribution in [0.4, 0.5) is 10.8 Å². The number of aromatic nitrogens is 1. The first-order chi connectivity index (χ1) is 8.56. The maximum absolute atomic E-state index is 11.6. The summed E-state index contributed by atoms with van der Waals surface area (Å²) in [6.07, 6.45) is 0. The summed E-state index contributed by atoms with van der Waals surface area (Å²) >= 11 is 7.57. The summed E-state index contributed by atoms with van der Waals surface area (Å²) in [4.78, 5) is 15.9. The monoisotopic (exact) mass is 279 g/mol. The van der Waals surface area contributed by atoms with E-state index in [9.17, 15) is 4.79 Å². The molecule has 0 saturated heterocycles. The summed E-state index contributed by atoms with van der Waals surface area (Å²) < 4.78 is 0. The normalized spacial score (nSPS) is 17.7. The molecule has 92 valence electrons. The van der Waals surface area contributed by atoms with Crippen LogP contribution >= 0.6 is 22.9 Å². The molecule has 1 unspecified atom stereocenters. The first kappa shape index (κ1) is 11.5. The van der Waals surface area contributed by atoms with Crippen LogP contribution in [0.25, 0.3) is 11.3 Å². The quantitative estimate of drug-likeness (QED) is 0.843. The fourth-order valence-electron chi connectivity index (χ4n) is 2.04. The number of hydrogen-bond donors (Lipinski definition) is 2. The topological polar surface area (TPSA) is 68.0 Å². The molecule has 1 aliphatic heterocycles. The fourth-order valence-corrected chi connectivity index (χ4v) is 2.89. The van der Waals surface area contributed by atoms with Gasteiger partial charge in [-0.3, -0.25) is 4.79 Å². The molecule has 0 aliphatic carbocycles. The predicted octanol–water partition coefficient (Wildman–Crippen LogP) is 3.10. The van der Waals surface area contributed by atoms with Crippen LogP contribution in [0.5, 0.6) is 0 Å². The molecule has 0 fully saturated rings. The SMILES string of the molecule is CC1C(=O)Nc2c(Cl)cc(-c3csc(N)n3)cc21. The van der Waals surface area contributed by atoms with E-state index in [1.807, 2.05) is 18.4 Å². The average molecular weight is 280 g/mol. The molecule has 1 atom stereocenters. The first-order valence-electron chi connectivity index (χ1n) is 5.42. The van der Waals surface area contributed by atoms with Gasteiger partial charge >= 0.3 is 0 Å². The number of thiazole rings is 1. The molecule has 1 aromatic carbocycles. The van der Waals surface area contributed by atoms with E-state index in [1.165, 1.54) is 11.3 Å². The Bertz CT molecular complexity index is 653. The summed E-state index contributed by atoms with van der Waals surface area (Å²) in [6, 6.07) is 3.74. The van der Waals surface area contributed by atoms with Crippen LogP contribution in [0.1, 0.15) is 18.4 Å². The molecule has 1 aliphatic rings. The van der Waals surface area contributed by atoms with Gasteiger partial charge in [0, 0.05) is 10.9 Å². The van der Waals surface area contributed by atoms with Gasteiger partial charge in [-0.15, -0.1) is 11.3 Å². The highest BCUT2D eigenvalue weighted by molar-refractivity contribution is 7.13. The van der Waals surface area contributed by atoms with Gasteiger partial charge in [0.2, 0.25) is 5.91 Å². The van der Waals surface area contributed by atoms with E-state index >= 15 is 0 Å². The van der Waals surface area contributed by atoms with Crippen molar-refractivity contribution in [2.24, 2.45) is 0 Å². The Balaban J connectivity index is 2.15. The molecule has 4 nitrogen and oxygen atoms in total. The lowest BCUT2D eigenvalue weighted by Crippen LogP contribution is -2.08. The Hall–Kier alpha value is -1.59. The van der Waals surface area contributed by atoms with Crippen LogP contribution in [0.2, 0.25) is 5.02 Å². The molecule has 3 N–H and O–H groups in total. The molecule has 1 aromatic heterocycles. The van der Waals surface area contributed by atoms with Crippen molar-refractivity contribution in [1.29, 1.82) is 0 Å². The van der Waals surface area contributed by atoms with Crippen LogP contribution < -0.4 is 11.1 Å². The van der Waals surface area contributed by atoms with Crippen molar-refractivity contribution in [1.82, 2.24) is 4.98 Å². The summed E-state index contributed by atoms with van der Waals surface area (Å²) in [5.74, 6) is -0.213. The number of halogens is 1. The standard InChI is InChI=1S/C12H10ClN3OS/c1-5-7-2-6(9-4-18-12(14)15-9)3-8(13)10(7)16-11(5)17/h2-5H,1H3,(H2,14,15)(H,16,17). The van der Waals surface area contributed by atoms with Crippen molar-refractivity contribution in [3.8, 4) is 11.3 Å². The number of amides is 1. The molecule has 1 amide bonds. The molecule has 0 saturated carbocycles. The van der Waals surface area contributed by atoms with E-state index < -0.39 is 0 Å². The zero-order valence-electron chi connectivity index (χ0n) is 9.53. The van der Waals surface area contributed by atoms with Gasteiger partial charge in [0.1, 0.15) is 0 Å². The smallest absolute Gasteiger partial charge is 0.231 e. The van der Waals surface area contributed by atoms with Crippen molar-refractivity contribution < 1.29 is 4.79 Å². The largest absolute Gasteiger partial charge is 0.375 e. The van der Waals surface area contributed by atoms with Gasteiger partial charge in [0.05, 0.1) is 22.3 Å². The summed E-state index contributed by atoms with van der Waals surface area (Å²) in [5.41, 5.74) is 8.91. The second-order valence-electron chi connectivity index (χ2n) is 4.20. The number of nitrogens with two attached hydrogens (primary N) is 1. The average Bonchev–Trinajstić information content (AvgIpc) is 2.87. The van der Waals surface area contributed by atoms with Crippen LogP contribution in [-0.2, 0) is 4.79 Å². The highest BCUT2D eigenvalue weighted by Crippen LogP contribution is 2.41. The maximum atomic E-state index is 11.6. The molecule has 0 bridgehead atoms. The van der Waals surface area contributed by atoms with Crippen molar-refractivity contribution >= 4 is 39.7 Å². The predicted molar refractivity (Wildman–Crippen MR) is 74.0 cm³/mol. The number of carbonyl (C=O) groups excluding carboxylic acids is 1. The van der Waals surface area contributed by atoms with Gasteiger partial charge < -0.3 is 11.1 Å². The van der Waals surface area contributed by atoms with Gasteiger partial charge in [-0.2, -0.15) is 0 Å². The highest BCUT2D eigenvalue weighted by Gasteiger charge is 2.29. The Labute approximate surface area is 113 Å². The molecular formula is C12H10ClN3OS. The summed E-state index contributed by atoms with van der Waals surface area (Å²) in [7, 11) is 0. The molecule has 18 heavy (non-hydrogen) atoms. The van der Waals surface area contributed by atoms with Crippen molar-refractivity contribution in [2.45, 2.75) is 12.8 Å². The fraction of sp³-hybridized carbons (Fsp3) is 0.167. The third-order valence-corrected chi connectivity index (χ3v) is 4.02. The summed E-state index contributed by atoms with van der Waals surface area (Å²) in [5, 5.41) is 5.71. The second kappa shape index (κ2) is 3.96. The number of fused-ring (bicyclic) bond motifs is 1. The van der Waals surface area contributed by atoms with E-state index in [4.69, 9.17) is 17.3 Å². The van der Waals surface area contributed by atoms with E-state index in [0.29, 0.717) is 15.8 Å². The van der Waals surface area contributed by atoms with Crippen LogP contribution in [0.3, 0.4) is 0 Å². The molecular weight excluding hydrogens is 270 g/mol.